The molecule has 0 unspecified atom stereocenters. The molecule has 0 aliphatic carbocycles. The summed E-state index contributed by atoms with van der Waals surface area (Å²) in [6.45, 7) is 0. The summed E-state index contributed by atoms with van der Waals surface area (Å²) in [4.78, 5) is 8.44. The number of hydrogen-bond acceptors (Lipinski definition) is 2. The third-order valence-corrected chi connectivity index (χ3v) is 1.44. The van der Waals surface area contributed by atoms with Crippen molar-refractivity contribution in [3.8, 4) is 5.75 Å². The molecule has 1 aromatic rings. The summed E-state index contributed by atoms with van der Waals surface area (Å²) < 4.78 is 4.90. The molecule has 1 rings (SSSR count). The second-order valence-corrected chi connectivity index (χ2v) is 2.13. The topological polar surface area (TPSA) is 29.5 Å². The third kappa shape index (κ3) is 1.87. The molecule has 0 aromatic heterocycles. The van der Waals surface area contributed by atoms with Crippen LogP contribution in [0.4, 0.5) is 0 Å². The second kappa shape index (κ2) is 3.27. The van der Waals surface area contributed by atoms with Gasteiger partial charge in [0.2, 0.25) is 0 Å². The molecule has 48 valence electrons. The first-order valence-corrected chi connectivity index (χ1v) is 3.93. The van der Waals surface area contributed by atoms with Crippen molar-refractivity contribution < 1.29 is 9.22 Å². The van der Waals surface area contributed by atoms with Gasteiger partial charge in [0.1, 0.15) is 5.75 Å². The minimum absolute atomic E-state index is 0.756. The Morgan fingerprint density at radius 1 is 1.22 bits per heavy atom. The molecule has 0 saturated heterocycles. The van der Waals surface area contributed by atoms with E-state index in [4.69, 9.17) is 9.22 Å². The summed E-state index contributed by atoms with van der Waals surface area (Å²) in [7, 11) is -1.28. The first kappa shape index (κ1) is 6.32. The van der Waals surface area contributed by atoms with Crippen molar-refractivity contribution in [1.82, 2.24) is 0 Å². The van der Waals surface area contributed by atoms with Crippen molar-refractivity contribution in [2.24, 2.45) is 0 Å². The average molecular weight is 140 g/mol. The van der Waals surface area contributed by atoms with Gasteiger partial charge in [0.25, 0.3) is 0 Å². The smallest absolute Gasteiger partial charge is 0.363 e. The minimum Gasteiger partial charge on any atom is -0.525 e. The van der Waals surface area contributed by atoms with Crippen molar-refractivity contribution in [3.63, 3.8) is 0 Å². The lowest BCUT2D eigenvalue weighted by atomic mass is 10.3. The highest BCUT2D eigenvalue weighted by atomic mass is 28.2. The number of benzene rings is 1. The normalized spacial score (nSPS) is 10.3. The van der Waals surface area contributed by atoms with Gasteiger partial charge in [0, 0.05) is 0 Å². The summed E-state index contributed by atoms with van der Waals surface area (Å²) in [5.41, 5.74) is 0. The Morgan fingerprint density at radius 3 is 2.44 bits per heavy atom. The molecule has 0 bridgehead atoms. The molecule has 0 spiro atoms. The van der Waals surface area contributed by atoms with Gasteiger partial charge in [0.05, 0.1) is 0 Å². The number of rotatable bonds is 2. The lowest BCUT2D eigenvalue weighted by Gasteiger charge is -1.98. The second-order valence-electron chi connectivity index (χ2n) is 1.59. The molecule has 0 radical (unpaired) electrons. The fraction of sp³-hybridized carbons (Fsp3) is 0. The van der Waals surface area contributed by atoms with Crippen LogP contribution in [0.1, 0.15) is 0 Å². The van der Waals surface area contributed by atoms with E-state index in [2.05, 4.69) is 0 Å². The Bertz CT molecular complexity index is 164. The zero-order valence-electron chi connectivity index (χ0n) is 4.95. The van der Waals surface area contributed by atoms with Crippen LogP contribution in [-0.4, -0.2) is 14.8 Å². The molecular formula is C6H8O2Si. The van der Waals surface area contributed by atoms with Crippen LogP contribution >= 0.6 is 0 Å². The van der Waals surface area contributed by atoms with Crippen LogP contribution in [0.2, 0.25) is 0 Å². The maximum Gasteiger partial charge on any atom is 0.363 e. The molecule has 0 aliphatic heterocycles. The fourth-order valence-electron chi connectivity index (χ4n) is 0.591. The number of para-hydroxylation sites is 1. The Hall–Kier alpha value is -0.803. The first-order chi connectivity index (χ1) is 4.43. The van der Waals surface area contributed by atoms with Crippen LogP contribution in [0.5, 0.6) is 5.75 Å². The fourth-order valence-corrected chi connectivity index (χ4v) is 0.933. The Balaban J connectivity index is 2.61. The van der Waals surface area contributed by atoms with Crippen molar-refractivity contribution in [2.75, 3.05) is 0 Å². The summed E-state index contributed by atoms with van der Waals surface area (Å²) >= 11 is 0. The SMILES string of the molecule is O[SiH2]Oc1ccccc1. The van der Waals surface area contributed by atoms with Crippen molar-refractivity contribution >= 4 is 10.0 Å². The van der Waals surface area contributed by atoms with E-state index in [9.17, 15) is 0 Å². The molecule has 0 fully saturated rings. The third-order valence-electron chi connectivity index (χ3n) is 0.974. The van der Waals surface area contributed by atoms with E-state index in [1.807, 2.05) is 30.3 Å². The lowest BCUT2D eigenvalue weighted by Crippen LogP contribution is -1.98. The molecule has 1 aromatic carbocycles. The zero-order valence-corrected chi connectivity index (χ0v) is 6.36. The Labute approximate surface area is 56.2 Å². The summed E-state index contributed by atoms with van der Waals surface area (Å²) in [6.07, 6.45) is 0. The highest BCUT2D eigenvalue weighted by Gasteiger charge is 1.85. The van der Waals surface area contributed by atoms with Crippen LogP contribution < -0.4 is 4.43 Å². The predicted octanol–water partition coefficient (Wildman–Crippen LogP) is 0.0565. The minimum atomic E-state index is -1.28. The highest BCUT2D eigenvalue weighted by molar-refractivity contribution is 6.17. The van der Waals surface area contributed by atoms with Crippen LogP contribution in [0.25, 0.3) is 0 Å². The summed E-state index contributed by atoms with van der Waals surface area (Å²) in [5.74, 6) is 0.756. The molecule has 1 N–H and O–H groups in total. The molecule has 0 aliphatic rings. The highest BCUT2D eigenvalue weighted by Crippen LogP contribution is 2.06. The van der Waals surface area contributed by atoms with E-state index in [-0.39, 0.29) is 0 Å². The quantitative estimate of drug-likeness (QED) is 0.588. The van der Waals surface area contributed by atoms with Crippen LogP contribution in [0.3, 0.4) is 0 Å². The summed E-state index contributed by atoms with van der Waals surface area (Å²) in [5, 5.41) is 0. The van der Waals surface area contributed by atoms with Crippen molar-refractivity contribution in [3.05, 3.63) is 30.3 Å². The maximum atomic E-state index is 8.44. The molecule has 0 atom stereocenters. The van der Waals surface area contributed by atoms with Crippen LogP contribution in [-0.2, 0) is 0 Å². The van der Waals surface area contributed by atoms with Gasteiger partial charge in [-0.3, -0.25) is 0 Å². The average Bonchev–Trinajstić information content (AvgIpc) is 1.91. The Kier molecular flexibility index (Phi) is 2.29. The number of hydrogen-bond donors (Lipinski definition) is 1. The molecule has 9 heavy (non-hydrogen) atoms. The standard InChI is InChI=1S/C6H8O2Si/c7-9-8-6-4-2-1-3-5-6/h1-5,7H,9H2. The van der Waals surface area contributed by atoms with E-state index >= 15 is 0 Å². The van der Waals surface area contributed by atoms with E-state index in [0.29, 0.717) is 0 Å². The monoisotopic (exact) mass is 140 g/mol. The summed E-state index contributed by atoms with van der Waals surface area (Å²) in [6, 6.07) is 9.30. The van der Waals surface area contributed by atoms with E-state index in [0.717, 1.165) is 5.75 Å². The lowest BCUT2D eigenvalue weighted by molar-refractivity contribution is 0.454. The Morgan fingerprint density at radius 2 is 1.89 bits per heavy atom. The molecule has 0 heterocycles. The molecular weight excluding hydrogens is 132 g/mol. The molecule has 0 saturated carbocycles. The van der Waals surface area contributed by atoms with Gasteiger partial charge in [-0.1, -0.05) is 18.2 Å². The van der Waals surface area contributed by atoms with E-state index in [1.165, 1.54) is 0 Å². The predicted molar refractivity (Wildman–Crippen MR) is 37.8 cm³/mol. The van der Waals surface area contributed by atoms with Gasteiger partial charge in [-0.25, -0.2) is 0 Å². The maximum absolute atomic E-state index is 8.44. The zero-order chi connectivity index (χ0) is 6.53. The largest absolute Gasteiger partial charge is 0.525 e. The van der Waals surface area contributed by atoms with Gasteiger partial charge in [-0.05, 0) is 12.1 Å². The molecule has 0 amide bonds. The van der Waals surface area contributed by atoms with Gasteiger partial charge in [-0.15, -0.1) is 0 Å². The van der Waals surface area contributed by atoms with Gasteiger partial charge >= 0.3 is 10.0 Å². The molecule has 3 heteroatoms. The van der Waals surface area contributed by atoms with Crippen molar-refractivity contribution in [2.45, 2.75) is 0 Å². The van der Waals surface area contributed by atoms with Crippen molar-refractivity contribution in [1.29, 1.82) is 0 Å². The van der Waals surface area contributed by atoms with Gasteiger partial charge < -0.3 is 9.22 Å². The van der Waals surface area contributed by atoms with Crippen LogP contribution in [0, 0.1) is 0 Å². The van der Waals surface area contributed by atoms with Crippen LogP contribution in [0.15, 0.2) is 30.3 Å². The van der Waals surface area contributed by atoms with E-state index < -0.39 is 10.0 Å². The molecule has 2 nitrogen and oxygen atoms in total. The van der Waals surface area contributed by atoms with Gasteiger partial charge in [0.15, 0.2) is 0 Å². The van der Waals surface area contributed by atoms with Gasteiger partial charge in [-0.2, -0.15) is 0 Å². The first-order valence-electron chi connectivity index (χ1n) is 2.72. The van der Waals surface area contributed by atoms with E-state index in [1.54, 1.807) is 0 Å².